The van der Waals surface area contributed by atoms with E-state index < -0.39 is 11.7 Å². The molecule has 1 unspecified atom stereocenters. The van der Waals surface area contributed by atoms with Crippen LogP contribution in [-0.2, 0) is 0 Å². The number of rotatable bonds is 4. The first-order valence-electron chi connectivity index (χ1n) is 6.14. The van der Waals surface area contributed by atoms with Crippen molar-refractivity contribution in [3.05, 3.63) is 34.6 Å². The average molecular weight is 271 g/mol. The van der Waals surface area contributed by atoms with Crippen molar-refractivity contribution in [2.75, 3.05) is 13.1 Å². The molecule has 1 atom stereocenters. The van der Waals surface area contributed by atoms with Crippen molar-refractivity contribution < 1.29 is 9.18 Å². The number of amides is 1. The van der Waals surface area contributed by atoms with E-state index in [9.17, 15) is 9.18 Å². The van der Waals surface area contributed by atoms with Crippen LogP contribution in [0.3, 0.4) is 0 Å². The summed E-state index contributed by atoms with van der Waals surface area (Å²) in [6.45, 7) is 1.57. The Bertz CT molecular complexity index is 413. The number of hydrogen-bond donors (Lipinski definition) is 2. The largest absolute Gasteiger partial charge is 0.352 e. The fraction of sp³-hybridized carbons (Fsp3) is 0.462. The Morgan fingerprint density at radius 3 is 3.06 bits per heavy atom. The van der Waals surface area contributed by atoms with Gasteiger partial charge < -0.3 is 10.6 Å². The lowest BCUT2D eigenvalue weighted by atomic mass is 10.1. The van der Waals surface area contributed by atoms with Crippen LogP contribution in [0.5, 0.6) is 0 Å². The third kappa shape index (κ3) is 3.21. The highest BCUT2D eigenvalue weighted by Crippen LogP contribution is 2.18. The Morgan fingerprint density at radius 1 is 1.56 bits per heavy atom. The van der Waals surface area contributed by atoms with E-state index in [-0.39, 0.29) is 10.6 Å². The minimum absolute atomic E-state index is 0.0708. The van der Waals surface area contributed by atoms with E-state index >= 15 is 0 Å². The first kappa shape index (κ1) is 13.3. The lowest BCUT2D eigenvalue weighted by Gasteiger charge is -2.11. The fourth-order valence-corrected chi connectivity index (χ4v) is 2.41. The summed E-state index contributed by atoms with van der Waals surface area (Å²) >= 11 is 5.82. The second-order valence-electron chi connectivity index (χ2n) is 4.43. The summed E-state index contributed by atoms with van der Waals surface area (Å²) in [5, 5.41) is 6.19. The van der Waals surface area contributed by atoms with Crippen LogP contribution in [0.4, 0.5) is 4.39 Å². The van der Waals surface area contributed by atoms with Crippen molar-refractivity contribution in [1.82, 2.24) is 10.6 Å². The fourth-order valence-electron chi connectivity index (χ4n) is 2.17. The monoisotopic (exact) mass is 270 g/mol. The van der Waals surface area contributed by atoms with E-state index in [0.29, 0.717) is 12.6 Å². The number of halogens is 2. The Kier molecular flexibility index (Phi) is 4.55. The van der Waals surface area contributed by atoms with Gasteiger partial charge in [0.15, 0.2) is 0 Å². The molecule has 5 heteroatoms. The number of hydrogen-bond acceptors (Lipinski definition) is 2. The van der Waals surface area contributed by atoms with Crippen LogP contribution in [0.1, 0.15) is 29.6 Å². The molecule has 1 aromatic carbocycles. The summed E-state index contributed by atoms with van der Waals surface area (Å²) in [5.74, 6) is -1.03. The predicted octanol–water partition coefficient (Wildman–Crippen LogP) is 2.35. The second-order valence-corrected chi connectivity index (χ2v) is 4.84. The van der Waals surface area contributed by atoms with Crippen LogP contribution in [0, 0.1) is 5.82 Å². The van der Waals surface area contributed by atoms with E-state index in [4.69, 9.17) is 11.6 Å². The average Bonchev–Trinajstić information content (AvgIpc) is 2.82. The summed E-state index contributed by atoms with van der Waals surface area (Å²) in [6.07, 6.45) is 3.17. The van der Waals surface area contributed by atoms with Gasteiger partial charge in [-0.15, -0.1) is 0 Å². The Hall–Kier alpha value is -1.13. The van der Waals surface area contributed by atoms with Crippen LogP contribution >= 0.6 is 11.6 Å². The summed E-state index contributed by atoms with van der Waals surface area (Å²) in [6, 6.07) is 4.69. The van der Waals surface area contributed by atoms with Gasteiger partial charge in [0, 0.05) is 12.6 Å². The molecule has 98 valence electrons. The van der Waals surface area contributed by atoms with Crippen LogP contribution in [0.2, 0.25) is 5.02 Å². The zero-order chi connectivity index (χ0) is 13.0. The summed E-state index contributed by atoms with van der Waals surface area (Å²) in [5.41, 5.74) is -0.0708. The zero-order valence-electron chi connectivity index (χ0n) is 10.0. The molecular weight excluding hydrogens is 255 g/mol. The first-order valence-corrected chi connectivity index (χ1v) is 6.52. The highest BCUT2D eigenvalue weighted by atomic mass is 35.5. The second kappa shape index (κ2) is 6.16. The van der Waals surface area contributed by atoms with Crippen molar-refractivity contribution in [2.45, 2.75) is 25.3 Å². The maximum Gasteiger partial charge on any atom is 0.255 e. The molecule has 0 aliphatic carbocycles. The van der Waals surface area contributed by atoms with Crippen LogP contribution in [-0.4, -0.2) is 25.0 Å². The molecule has 18 heavy (non-hydrogen) atoms. The van der Waals surface area contributed by atoms with Gasteiger partial charge >= 0.3 is 0 Å². The Morgan fingerprint density at radius 2 is 2.39 bits per heavy atom. The number of carbonyl (C=O) groups is 1. The van der Waals surface area contributed by atoms with E-state index in [0.717, 1.165) is 19.4 Å². The third-order valence-corrected chi connectivity index (χ3v) is 3.45. The lowest BCUT2D eigenvalue weighted by Crippen LogP contribution is -2.31. The number of carbonyl (C=O) groups excluding carboxylic acids is 1. The molecule has 1 fully saturated rings. The van der Waals surface area contributed by atoms with Crippen molar-refractivity contribution in [3.8, 4) is 0 Å². The molecule has 3 nitrogen and oxygen atoms in total. The molecule has 0 aromatic heterocycles. The molecule has 0 spiro atoms. The Labute approximate surface area is 111 Å². The molecular formula is C13H16ClFN2O. The van der Waals surface area contributed by atoms with Gasteiger partial charge in [-0.3, -0.25) is 4.79 Å². The molecule has 1 aromatic rings. The minimum atomic E-state index is -0.584. The van der Waals surface area contributed by atoms with E-state index in [1.807, 2.05) is 0 Å². The van der Waals surface area contributed by atoms with Crippen molar-refractivity contribution in [3.63, 3.8) is 0 Å². The number of benzene rings is 1. The van der Waals surface area contributed by atoms with Crippen LogP contribution < -0.4 is 10.6 Å². The van der Waals surface area contributed by atoms with Gasteiger partial charge in [-0.25, -0.2) is 4.39 Å². The summed E-state index contributed by atoms with van der Waals surface area (Å²) < 4.78 is 13.5. The van der Waals surface area contributed by atoms with Gasteiger partial charge in [0.1, 0.15) is 5.82 Å². The molecule has 2 N–H and O–H groups in total. The molecule has 0 radical (unpaired) electrons. The van der Waals surface area contributed by atoms with Gasteiger partial charge in [0.05, 0.1) is 10.6 Å². The zero-order valence-corrected chi connectivity index (χ0v) is 10.8. The van der Waals surface area contributed by atoms with Gasteiger partial charge in [-0.1, -0.05) is 17.7 Å². The molecule has 1 amide bonds. The van der Waals surface area contributed by atoms with E-state index in [2.05, 4.69) is 10.6 Å². The van der Waals surface area contributed by atoms with Crippen LogP contribution in [0.15, 0.2) is 18.2 Å². The van der Waals surface area contributed by atoms with Gasteiger partial charge in [-0.05, 0) is 37.9 Å². The Balaban J connectivity index is 1.87. The van der Waals surface area contributed by atoms with Crippen molar-refractivity contribution in [2.24, 2.45) is 0 Å². The third-order valence-electron chi connectivity index (χ3n) is 3.13. The van der Waals surface area contributed by atoms with E-state index in [1.165, 1.54) is 24.6 Å². The van der Waals surface area contributed by atoms with Crippen molar-refractivity contribution >= 4 is 17.5 Å². The maximum atomic E-state index is 13.5. The van der Waals surface area contributed by atoms with Crippen molar-refractivity contribution in [1.29, 1.82) is 0 Å². The normalized spacial score (nSPS) is 18.9. The molecule has 0 saturated carbocycles. The smallest absolute Gasteiger partial charge is 0.255 e. The van der Waals surface area contributed by atoms with Crippen LogP contribution in [0.25, 0.3) is 0 Å². The lowest BCUT2D eigenvalue weighted by molar-refractivity contribution is 0.0948. The maximum absolute atomic E-state index is 13.5. The first-order chi connectivity index (χ1) is 8.68. The number of nitrogens with one attached hydrogen (secondary N) is 2. The SMILES string of the molecule is O=C(NCCC1CCCN1)c1c(F)cccc1Cl. The standard InChI is InChI=1S/C13H16ClFN2O/c14-10-4-1-5-11(15)12(10)13(18)17-8-6-9-3-2-7-16-9/h1,4-5,9,16H,2-3,6-8H2,(H,17,18). The van der Waals surface area contributed by atoms with Gasteiger partial charge in [0.2, 0.25) is 0 Å². The predicted molar refractivity (Wildman–Crippen MR) is 69.4 cm³/mol. The van der Waals surface area contributed by atoms with Gasteiger partial charge in [0.25, 0.3) is 5.91 Å². The molecule has 2 rings (SSSR count). The topological polar surface area (TPSA) is 41.1 Å². The molecule has 1 aliphatic heterocycles. The minimum Gasteiger partial charge on any atom is -0.352 e. The van der Waals surface area contributed by atoms with E-state index in [1.54, 1.807) is 0 Å². The highest BCUT2D eigenvalue weighted by Gasteiger charge is 2.17. The highest BCUT2D eigenvalue weighted by molar-refractivity contribution is 6.33. The quantitative estimate of drug-likeness (QED) is 0.882. The summed E-state index contributed by atoms with van der Waals surface area (Å²) in [7, 11) is 0. The molecule has 1 aliphatic rings. The molecule has 1 saturated heterocycles. The van der Waals surface area contributed by atoms with Gasteiger partial charge in [-0.2, -0.15) is 0 Å². The summed E-state index contributed by atoms with van der Waals surface area (Å²) in [4.78, 5) is 11.8. The molecule has 0 bridgehead atoms. The molecule has 1 heterocycles.